The molecule has 0 bridgehead atoms. The highest BCUT2D eigenvalue weighted by atomic mass is 31.2. The first kappa shape index (κ1) is 41.7. The number of para-hydroxylation sites is 1. The van der Waals surface area contributed by atoms with Gasteiger partial charge in [-0.15, -0.1) is 10.2 Å². The van der Waals surface area contributed by atoms with Gasteiger partial charge in [0.2, 0.25) is 17.7 Å². The first-order valence-electron chi connectivity index (χ1n) is 20.9. The molecule has 19 heteroatoms. The zero-order valence-electron chi connectivity index (χ0n) is 34.9. The molecule has 0 radical (unpaired) electrons. The summed E-state index contributed by atoms with van der Waals surface area (Å²) < 4.78 is 28.0. The Bertz CT molecular complexity index is 2460. The lowest BCUT2D eigenvalue weighted by molar-refractivity contribution is -0.136. The summed E-state index contributed by atoms with van der Waals surface area (Å²) in [6.07, 6.45) is 4.01. The van der Waals surface area contributed by atoms with Gasteiger partial charge in [0.1, 0.15) is 17.9 Å². The Labute approximate surface area is 359 Å². The summed E-state index contributed by atoms with van der Waals surface area (Å²) in [7, 11) is -2.69. The summed E-state index contributed by atoms with van der Waals surface area (Å²) in [5.41, 5.74) is 6.44. The predicted octanol–water partition coefficient (Wildman–Crippen LogP) is 3.63. The number of fused-ring (bicyclic) bond motifs is 4. The van der Waals surface area contributed by atoms with Crippen LogP contribution in [-0.2, 0) is 31.8 Å². The number of aryl methyl sites for hydroxylation is 1. The van der Waals surface area contributed by atoms with Gasteiger partial charge in [0, 0.05) is 94.3 Å². The van der Waals surface area contributed by atoms with Crippen LogP contribution in [0, 0.1) is 6.92 Å². The Morgan fingerprint density at radius 3 is 2.56 bits per heavy atom. The molecule has 2 aromatic heterocycles. The highest BCUT2D eigenvalue weighted by molar-refractivity contribution is 7.46. The van der Waals surface area contributed by atoms with E-state index in [0.717, 1.165) is 86.0 Å². The number of rotatable bonds is 12. The maximum atomic E-state index is 13.4. The van der Waals surface area contributed by atoms with Crippen LogP contribution in [0.25, 0.3) is 11.3 Å². The van der Waals surface area contributed by atoms with E-state index in [9.17, 15) is 18.9 Å². The molecule has 0 spiro atoms. The average Bonchev–Trinajstić information content (AvgIpc) is 3.78. The standard InChI is InChI=1S/C43H50N9O9P/c1-4-43-20-31(24-52(43)36-19-34(46-47-39(36)48(3)25-43)32-7-5-6-8-37(32)59-26-60-62(56,57)58)61-41-27(2)17-28(21-44-41)22-49-13-15-50(16-14-49)30-10-9-29-23-51(42(55)33(29)18-30)35-11-12-38(53)45-40(35)54/h5-10,17-19,21,31,35H,4,11-16,20,22-26H2,1-3H3,(H,45,53,54)(H2,56,57,58)/t31-,35+,43+/m1/s1. The molecular weight excluding hydrogens is 818 g/mol. The number of aromatic nitrogens is 3. The number of piperazine rings is 1. The number of likely N-dealkylation sites (N-methyl/N-ethyl adjacent to an activating group) is 1. The third-order valence-electron chi connectivity index (χ3n) is 12.8. The second-order valence-electron chi connectivity index (χ2n) is 16.8. The molecule has 62 heavy (non-hydrogen) atoms. The lowest BCUT2D eigenvalue weighted by Gasteiger charge is -2.47. The van der Waals surface area contributed by atoms with E-state index in [1.807, 2.05) is 50.5 Å². The van der Waals surface area contributed by atoms with Crippen molar-refractivity contribution in [3.05, 3.63) is 83.0 Å². The van der Waals surface area contributed by atoms with Gasteiger partial charge in [-0.05, 0) is 67.3 Å². The smallest absolute Gasteiger partial charge is 0.472 e. The van der Waals surface area contributed by atoms with Crippen molar-refractivity contribution in [3.63, 3.8) is 0 Å². The molecule has 18 nitrogen and oxygen atoms in total. The average molecular weight is 868 g/mol. The minimum Gasteiger partial charge on any atom is -0.472 e. The number of benzene rings is 2. The minimum absolute atomic E-state index is 0.133. The molecule has 5 aliphatic rings. The quantitative estimate of drug-likeness (QED) is 0.106. The molecule has 3 atom stereocenters. The van der Waals surface area contributed by atoms with Gasteiger partial charge in [-0.25, -0.2) is 14.1 Å². The molecule has 0 unspecified atom stereocenters. The van der Waals surface area contributed by atoms with Crippen molar-refractivity contribution in [1.29, 1.82) is 0 Å². The summed E-state index contributed by atoms with van der Waals surface area (Å²) in [5, 5.41) is 11.5. The third kappa shape index (κ3) is 8.20. The van der Waals surface area contributed by atoms with E-state index < -0.39 is 26.6 Å². The van der Waals surface area contributed by atoms with E-state index in [1.165, 1.54) is 0 Å². The number of piperidine rings is 1. The van der Waals surface area contributed by atoms with E-state index in [4.69, 9.17) is 24.2 Å². The maximum Gasteiger partial charge on any atom is 0.472 e. The predicted molar refractivity (Wildman–Crippen MR) is 228 cm³/mol. The number of carbonyl (C=O) groups is 3. The number of hydrogen-bond acceptors (Lipinski definition) is 14. The van der Waals surface area contributed by atoms with E-state index in [1.54, 1.807) is 17.0 Å². The second kappa shape index (κ2) is 16.6. The van der Waals surface area contributed by atoms with Crippen molar-refractivity contribution in [2.45, 2.75) is 70.3 Å². The summed E-state index contributed by atoms with van der Waals surface area (Å²) in [6.45, 7) is 9.37. The molecule has 0 saturated carbocycles. The highest BCUT2D eigenvalue weighted by Gasteiger charge is 2.50. The maximum absolute atomic E-state index is 13.4. The number of phosphoric ester groups is 1. The fourth-order valence-corrected chi connectivity index (χ4v) is 9.82. The lowest BCUT2D eigenvalue weighted by Crippen LogP contribution is -2.55. The van der Waals surface area contributed by atoms with Crippen molar-refractivity contribution in [3.8, 4) is 22.9 Å². The van der Waals surface area contributed by atoms with Crippen molar-refractivity contribution < 1.29 is 42.7 Å². The van der Waals surface area contributed by atoms with Gasteiger partial charge in [0.15, 0.2) is 12.6 Å². The van der Waals surface area contributed by atoms with Crippen molar-refractivity contribution in [2.24, 2.45) is 0 Å². The second-order valence-corrected chi connectivity index (χ2v) is 18.0. The number of imide groups is 1. The summed E-state index contributed by atoms with van der Waals surface area (Å²) in [5.74, 6) is 0.858. The Balaban J connectivity index is 0.825. The van der Waals surface area contributed by atoms with Crippen LogP contribution in [0.2, 0.25) is 0 Å². The zero-order valence-corrected chi connectivity index (χ0v) is 35.8. The molecule has 4 aromatic rings. The van der Waals surface area contributed by atoms with E-state index in [0.29, 0.717) is 48.0 Å². The van der Waals surface area contributed by atoms with E-state index >= 15 is 0 Å². The molecule has 3 saturated heterocycles. The number of hydrogen-bond donors (Lipinski definition) is 3. The van der Waals surface area contributed by atoms with Crippen LogP contribution < -0.4 is 29.5 Å². The van der Waals surface area contributed by atoms with Crippen LogP contribution in [0.5, 0.6) is 11.6 Å². The van der Waals surface area contributed by atoms with Crippen molar-refractivity contribution in [1.82, 2.24) is 30.3 Å². The number of amides is 3. The molecule has 326 valence electrons. The van der Waals surface area contributed by atoms with Crippen LogP contribution in [0.1, 0.15) is 59.7 Å². The largest absolute Gasteiger partial charge is 0.472 e. The SMILES string of the molecule is CC[C@@]12C[C@@H](Oc3ncc(CN4CCN(c5ccc6c(c5)C(=O)N([C@H]5CCC(=O)NC5=O)C6)CC4)cc3C)CN1c1cc(-c3ccccc3OCOP(=O)(O)O)nnc1N(C)C2. The van der Waals surface area contributed by atoms with E-state index in [-0.39, 0.29) is 29.9 Å². The van der Waals surface area contributed by atoms with Gasteiger partial charge < -0.3 is 38.9 Å². The first-order chi connectivity index (χ1) is 29.8. The van der Waals surface area contributed by atoms with Crippen LogP contribution in [0.4, 0.5) is 17.2 Å². The molecule has 3 fully saturated rings. The summed E-state index contributed by atoms with van der Waals surface area (Å²) in [4.78, 5) is 71.4. The van der Waals surface area contributed by atoms with Crippen LogP contribution in [-0.4, -0.2) is 123 Å². The zero-order chi connectivity index (χ0) is 43.3. The van der Waals surface area contributed by atoms with Gasteiger partial charge in [-0.3, -0.25) is 24.6 Å². The number of nitrogens with zero attached hydrogens (tertiary/aromatic N) is 8. The molecular formula is C43H50N9O9P. The molecule has 5 aliphatic heterocycles. The van der Waals surface area contributed by atoms with Gasteiger partial charge in [0.25, 0.3) is 5.91 Å². The molecule has 3 amide bonds. The molecule has 2 aromatic carbocycles. The van der Waals surface area contributed by atoms with Gasteiger partial charge in [-0.1, -0.05) is 25.1 Å². The van der Waals surface area contributed by atoms with Crippen molar-refractivity contribution in [2.75, 3.05) is 67.8 Å². The fraction of sp³-hybridized carbons (Fsp3) is 0.442. The lowest BCUT2D eigenvalue weighted by atomic mass is 9.89. The summed E-state index contributed by atoms with van der Waals surface area (Å²) in [6, 6.07) is 16.6. The minimum atomic E-state index is -4.71. The van der Waals surface area contributed by atoms with Crippen LogP contribution in [0.3, 0.4) is 0 Å². The normalized spacial score (nSPS) is 22.7. The first-order valence-corrected chi connectivity index (χ1v) is 22.5. The summed E-state index contributed by atoms with van der Waals surface area (Å²) >= 11 is 0. The Hall–Kier alpha value is -5.65. The van der Waals surface area contributed by atoms with Gasteiger partial charge in [-0.2, -0.15) is 0 Å². The number of pyridine rings is 1. The highest BCUT2D eigenvalue weighted by Crippen LogP contribution is 2.47. The van der Waals surface area contributed by atoms with Gasteiger partial charge >= 0.3 is 7.82 Å². The third-order valence-corrected chi connectivity index (χ3v) is 13.2. The fourth-order valence-electron chi connectivity index (χ4n) is 9.63. The van der Waals surface area contributed by atoms with Crippen LogP contribution in [0.15, 0.2) is 60.8 Å². The monoisotopic (exact) mass is 867 g/mol. The number of nitrogens with one attached hydrogen (secondary N) is 1. The topological polar surface area (TPSA) is 203 Å². The van der Waals surface area contributed by atoms with Crippen molar-refractivity contribution >= 4 is 42.7 Å². The molecule has 7 heterocycles. The molecule has 0 aliphatic carbocycles. The Morgan fingerprint density at radius 1 is 1.00 bits per heavy atom. The number of anilines is 3. The Morgan fingerprint density at radius 2 is 1.81 bits per heavy atom. The van der Waals surface area contributed by atoms with Crippen LogP contribution >= 0.6 is 7.82 Å². The van der Waals surface area contributed by atoms with E-state index in [2.05, 4.69) is 58.7 Å². The molecule has 9 rings (SSSR count). The Kier molecular flexibility index (Phi) is 11.1. The number of phosphoric acid groups is 1. The van der Waals surface area contributed by atoms with Gasteiger partial charge in [0.05, 0.1) is 23.5 Å². The number of ether oxygens (including phenoxy) is 2. The number of carbonyl (C=O) groups excluding carboxylic acids is 3. The molecule has 3 N–H and O–H groups in total.